The van der Waals surface area contributed by atoms with Gasteiger partial charge in [-0.25, -0.2) is 9.55 Å². The molecule has 0 unspecified atom stereocenters. The van der Waals surface area contributed by atoms with Gasteiger partial charge in [-0.05, 0) is 36.2 Å². The first-order chi connectivity index (χ1) is 13.0. The summed E-state index contributed by atoms with van der Waals surface area (Å²) in [6, 6.07) is 7.59. The van der Waals surface area contributed by atoms with Crippen molar-refractivity contribution in [2.45, 2.75) is 13.5 Å². The molecule has 0 atom stereocenters. The minimum absolute atomic E-state index is 0.0286. The van der Waals surface area contributed by atoms with Gasteiger partial charge in [0.15, 0.2) is 5.82 Å². The fraction of sp³-hybridized carbons (Fsp3) is 0.333. The zero-order valence-electron chi connectivity index (χ0n) is 15.2. The lowest BCUT2D eigenvalue weighted by atomic mass is 10.2. The lowest BCUT2D eigenvalue weighted by Crippen LogP contribution is -2.29. The number of anilines is 1. The summed E-state index contributed by atoms with van der Waals surface area (Å²) in [6.07, 6.45) is 3.06. The summed E-state index contributed by atoms with van der Waals surface area (Å²) in [7, 11) is 1.99. The number of benzene rings is 1. The minimum Gasteiger partial charge on any atom is -0.383 e. The van der Waals surface area contributed by atoms with Gasteiger partial charge in [0.1, 0.15) is 12.7 Å². The van der Waals surface area contributed by atoms with Crippen LogP contribution >= 0.6 is 11.6 Å². The molecule has 1 N–H and O–H groups in total. The van der Waals surface area contributed by atoms with Crippen LogP contribution in [-0.4, -0.2) is 51.0 Å². The summed E-state index contributed by atoms with van der Waals surface area (Å²) in [5.41, 5.74) is 1.86. The smallest absolute Gasteiger partial charge is 0.342 e. The average molecular weight is 389 g/mol. The lowest BCUT2D eigenvalue weighted by molar-refractivity contribution is -0.392. The molecular formula is C18H21ClN6O2. The third kappa shape index (κ3) is 4.53. The fourth-order valence-corrected chi connectivity index (χ4v) is 3.08. The number of nitrogens with one attached hydrogen (secondary N) is 1. The molecule has 0 saturated heterocycles. The number of nitro groups is 1. The van der Waals surface area contributed by atoms with Crippen LogP contribution in [0.25, 0.3) is 10.9 Å². The van der Waals surface area contributed by atoms with Gasteiger partial charge in [0.05, 0.1) is 5.52 Å². The summed E-state index contributed by atoms with van der Waals surface area (Å²) in [4.78, 5) is 21.1. The van der Waals surface area contributed by atoms with Gasteiger partial charge in [-0.2, -0.15) is 0 Å². The molecule has 8 nitrogen and oxygen atoms in total. The molecule has 142 valence electrons. The Bertz CT molecular complexity index is 958. The van der Waals surface area contributed by atoms with E-state index in [1.54, 1.807) is 17.7 Å². The Morgan fingerprint density at radius 1 is 1.30 bits per heavy atom. The van der Waals surface area contributed by atoms with E-state index in [2.05, 4.69) is 20.2 Å². The predicted octanol–water partition coefficient (Wildman–Crippen LogP) is 3.35. The van der Waals surface area contributed by atoms with Gasteiger partial charge in [0, 0.05) is 48.9 Å². The van der Waals surface area contributed by atoms with Gasteiger partial charge in [0.2, 0.25) is 0 Å². The Morgan fingerprint density at radius 2 is 2.11 bits per heavy atom. The van der Waals surface area contributed by atoms with E-state index < -0.39 is 4.92 Å². The molecule has 2 heterocycles. The molecular weight excluding hydrogens is 368 g/mol. The highest BCUT2D eigenvalue weighted by atomic mass is 35.5. The number of halogens is 1. The fourth-order valence-electron chi connectivity index (χ4n) is 2.92. The van der Waals surface area contributed by atoms with E-state index in [0.29, 0.717) is 23.9 Å². The van der Waals surface area contributed by atoms with Gasteiger partial charge in [-0.1, -0.05) is 11.6 Å². The molecule has 9 heteroatoms. The van der Waals surface area contributed by atoms with Crippen LogP contribution in [0, 0.1) is 17.0 Å². The molecule has 0 aliphatic carbocycles. The van der Waals surface area contributed by atoms with Gasteiger partial charge < -0.3 is 20.3 Å². The molecule has 3 rings (SSSR count). The van der Waals surface area contributed by atoms with Crippen LogP contribution in [0.15, 0.2) is 36.7 Å². The van der Waals surface area contributed by atoms with Gasteiger partial charge in [-0.3, -0.25) is 4.98 Å². The third-order valence-electron chi connectivity index (χ3n) is 4.44. The Labute approximate surface area is 161 Å². The van der Waals surface area contributed by atoms with Crippen molar-refractivity contribution in [3.8, 4) is 0 Å². The maximum atomic E-state index is 11.0. The number of nitrogens with zero attached hydrogens (tertiary/aromatic N) is 5. The van der Waals surface area contributed by atoms with Crippen LogP contribution in [0.3, 0.4) is 0 Å². The van der Waals surface area contributed by atoms with E-state index in [9.17, 15) is 10.1 Å². The van der Waals surface area contributed by atoms with Crippen LogP contribution in [-0.2, 0) is 6.54 Å². The molecule has 0 bridgehead atoms. The van der Waals surface area contributed by atoms with Crippen molar-refractivity contribution in [2.24, 2.45) is 0 Å². The predicted molar refractivity (Wildman–Crippen MR) is 106 cm³/mol. The second kappa shape index (κ2) is 8.32. The number of hydrogen-bond donors (Lipinski definition) is 1. The number of imidazole rings is 1. The van der Waals surface area contributed by atoms with Gasteiger partial charge >= 0.3 is 5.82 Å². The molecule has 2 aromatic heterocycles. The zero-order chi connectivity index (χ0) is 19.4. The second-order valence-electron chi connectivity index (χ2n) is 6.32. The van der Waals surface area contributed by atoms with Crippen molar-refractivity contribution in [2.75, 3.05) is 32.0 Å². The third-order valence-corrected chi connectivity index (χ3v) is 4.68. The van der Waals surface area contributed by atoms with Crippen LogP contribution in [0.5, 0.6) is 0 Å². The first kappa shape index (κ1) is 19.1. The van der Waals surface area contributed by atoms with Gasteiger partial charge in [-0.15, -0.1) is 0 Å². The van der Waals surface area contributed by atoms with Crippen LogP contribution < -0.4 is 5.32 Å². The number of fused-ring (bicyclic) bond motifs is 1. The number of likely N-dealkylation sites (N-methyl/N-ethyl adjacent to an activating group) is 1. The highest BCUT2D eigenvalue weighted by Crippen LogP contribution is 2.24. The standard InChI is InChI=1S/C18H21ClN6O2/c1-13-22-12-18(25(26)27)24(13)10-9-23(2)8-7-21-16-5-6-20-17-11-14(19)3-4-15(16)17/h3-6,11-12H,7-10H2,1-2H3,(H,20,21). The molecule has 0 fully saturated rings. The molecule has 0 saturated carbocycles. The van der Waals surface area contributed by atoms with E-state index in [1.165, 1.54) is 6.20 Å². The molecule has 0 aliphatic heterocycles. The average Bonchev–Trinajstić information content (AvgIpc) is 3.00. The lowest BCUT2D eigenvalue weighted by Gasteiger charge is -2.17. The Balaban J connectivity index is 1.54. The largest absolute Gasteiger partial charge is 0.383 e. The Kier molecular flexibility index (Phi) is 5.88. The van der Waals surface area contributed by atoms with Crippen LogP contribution in [0.4, 0.5) is 11.5 Å². The van der Waals surface area contributed by atoms with E-state index in [4.69, 9.17) is 11.6 Å². The maximum absolute atomic E-state index is 11.0. The first-order valence-corrected chi connectivity index (χ1v) is 8.96. The zero-order valence-corrected chi connectivity index (χ0v) is 16.0. The Morgan fingerprint density at radius 3 is 2.89 bits per heavy atom. The number of aryl methyl sites for hydroxylation is 1. The molecule has 1 aromatic carbocycles. The van der Waals surface area contributed by atoms with Crippen molar-refractivity contribution in [1.82, 2.24) is 19.4 Å². The van der Waals surface area contributed by atoms with E-state index in [1.807, 2.05) is 31.3 Å². The quantitative estimate of drug-likeness (QED) is 0.470. The molecule has 0 aliphatic rings. The van der Waals surface area contributed by atoms with Gasteiger partial charge in [0.25, 0.3) is 0 Å². The summed E-state index contributed by atoms with van der Waals surface area (Å²) >= 11 is 6.02. The molecule has 27 heavy (non-hydrogen) atoms. The van der Waals surface area contributed by atoms with Crippen molar-refractivity contribution in [3.05, 3.63) is 57.6 Å². The monoisotopic (exact) mass is 388 g/mol. The SMILES string of the molecule is Cc1ncc([N+](=O)[O-])n1CCN(C)CCNc1ccnc2cc(Cl)ccc12. The highest BCUT2D eigenvalue weighted by molar-refractivity contribution is 6.31. The summed E-state index contributed by atoms with van der Waals surface area (Å²) in [6.45, 7) is 4.51. The minimum atomic E-state index is -0.400. The van der Waals surface area contributed by atoms with E-state index >= 15 is 0 Å². The summed E-state index contributed by atoms with van der Waals surface area (Å²) in [5.74, 6) is 0.677. The number of rotatable bonds is 8. The topological polar surface area (TPSA) is 89.1 Å². The molecule has 0 amide bonds. The van der Waals surface area contributed by atoms with E-state index in [-0.39, 0.29) is 5.82 Å². The highest BCUT2D eigenvalue weighted by Gasteiger charge is 2.17. The number of pyridine rings is 1. The summed E-state index contributed by atoms with van der Waals surface area (Å²) in [5, 5.41) is 16.1. The van der Waals surface area contributed by atoms with Crippen molar-refractivity contribution < 1.29 is 4.92 Å². The summed E-state index contributed by atoms with van der Waals surface area (Å²) < 4.78 is 1.63. The maximum Gasteiger partial charge on any atom is 0.342 e. The van der Waals surface area contributed by atoms with Crippen LogP contribution in [0.2, 0.25) is 5.02 Å². The number of aromatic nitrogens is 3. The Hall–Kier alpha value is -2.71. The molecule has 3 aromatic rings. The first-order valence-electron chi connectivity index (χ1n) is 8.59. The van der Waals surface area contributed by atoms with Crippen LogP contribution in [0.1, 0.15) is 5.82 Å². The van der Waals surface area contributed by atoms with E-state index in [0.717, 1.165) is 29.7 Å². The second-order valence-corrected chi connectivity index (χ2v) is 6.76. The van der Waals surface area contributed by atoms with Crippen molar-refractivity contribution in [1.29, 1.82) is 0 Å². The molecule has 0 spiro atoms. The van der Waals surface area contributed by atoms with Crippen molar-refractivity contribution >= 4 is 34.0 Å². The molecule has 0 radical (unpaired) electrons. The van der Waals surface area contributed by atoms with Crippen molar-refractivity contribution in [3.63, 3.8) is 0 Å². The normalized spacial score (nSPS) is 11.3. The number of hydrogen-bond acceptors (Lipinski definition) is 6.